The average Bonchev–Trinajstić information content (AvgIpc) is 3.19. The summed E-state index contributed by atoms with van der Waals surface area (Å²) in [5.74, 6) is 0. The fraction of sp³-hybridized carbons (Fsp3) is 0.682. The lowest BCUT2D eigenvalue weighted by Gasteiger charge is -2.41. The fourth-order valence-electron chi connectivity index (χ4n) is 4.19. The number of benzene rings is 1. The van der Waals surface area contributed by atoms with Crippen LogP contribution in [0.2, 0.25) is 0 Å². The molecule has 0 saturated carbocycles. The Morgan fingerprint density at radius 3 is 2.37 bits per heavy atom. The Bertz CT molecular complexity index is 604. The molecule has 27 heavy (non-hydrogen) atoms. The average molecular weight is 373 g/mol. The SMILES string of the molecule is CC(C)(CNC(=O)NCc1cccc(CN2CCCC2)c1)N1CCCCC1. The first-order valence-corrected chi connectivity index (χ1v) is 10.6. The van der Waals surface area contributed by atoms with Crippen molar-refractivity contribution in [1.29, 1.82) is 0 Å². The number of rotatable bonds is 7. The third-order valence-electron chi connectivity index (χ3n) is 5.94. The smallest absolute Gasteiger partial charge is 0.315 e. The van der Waals surface area contributed by atoms with E-state index in [1.54, 1.807) is 0 Å². The number of nitrogens with one attached hydrogen (secondary N) is 2. The topological polar surface area (TPSA) is 47.6 Å². The molecule has 0 atom stereocenters. The van der Waals surface area contributed by atoms with Crippen molar-refractivity contribution in [2.24, 2.45) is 0 Å². The van der Waals surface area contributed by atoms with E-state index in [9.17, 15) is 4.79 Å². The number of carbonyl (C=O) groups excluding carboxylic acids is 1. The van der Waals surface area contributed by atoms with Gasteiger partial charge in [-0.05, 0) is 76.8 Å². The van der Waals surface area contributed by atoms with Crippen LogP contribution in [0.15, 0.2) is 24.3 Å². The lowest BCUT2D eigenvalue weighted by Crippen LogP contribution is -2.54. The van der Waals surface area contributed by atoms with Gasteiger partial charge in [0.05, 0.1) is 0 Å². The molecule has 0 spiro atoms. The Hall–Kier alpha value is -1.59. The van der Waals surface area contributed by atoms with Crippen LogP contribution in [-0.2, 0) is 13.1 Å². The quantitative estimate of drug-likeness (QED) is 0.772. The summed E-state index contributed by atoms with van der Waals surface area (Å²) in [6.07, 6.45) is 6.49. The Kier molecular flexibility index (Phi) is 7.13. The molecule has 2 aliphatic rings. The second-order valence-electron chi connectivity index (χ2n) is 8.70. The number of amides is 2. The maximum atomic E-state index is 12.3. The Labute approximate surface area is 164 Å². The molecule has 2 heterocycles. The van der Waals surface area contributed by atoms with Crippen molar-refractivity contribution >= 4 is 6.03 Å². The van der Waals surface area contributed by atoms with Crippen LogP contribution in [0.3, 0.4) is 0 Å². The van der Waals surface area contributed by atoms with E-state index < -0.39 is 0 Å². The van der Waals surface area contributed by atoms with E-state index in [0.29, 0.717) is 13.1 Å². The van der Waals surface area contributed by atoms with E-state index in [1.807, 2.05) is 0 Å². The van der Waals surface area contributed by atoms with Gasteiger partial charge in [0.25, 0.3) is 0 Å². The highest BCUT2D eigenvalue weighted by atomic mass is 16.2. The monoisotopic (exact) mass is 372 g/mol. The standard InChI is InChI=1S/C22H36N4O/c1-22(2,26-13-4-3-5-14-26)18-24-21(27)23-16-19-9-8-10-20(15-19)17-25-11-6-7-12-25/h8-10,15H,3-7,11-14,16-18H2,1-2H3,(H2,23,24,27). The van der Waals surface area contributed by atoms with E-state index in [4.69, 9.17) is 0 Å². The highest BCUT2D eigenvalue weighted by molar-refractivity contribution is 5.73. The first-order valence-electron chi connectivity index (χ1n) is 10.6. The second kappa shape index (κ2) is 9.56. The Morgan fingerprint density at radius 2 is 1.63 bits per heavy atom. The first kappa shape index (κ1) is 20.2. The third-order valence-corrected chi connectivity index (χ3v) is 5.94. The van der Waals surface area contributed by atoms with Gasteiger partial charge >= 0.3 is 6.03 Å². The van der Waals surface area contributed by atoms with Crippen molar-refractivity contribution in [1.82, 2.24) is 20.4 Å². The van der Waals surface area contributed by atoms with Gasteiger partial charge in [-0.15, -0.1) is 0 Å². The molecule has 2 N–H and O–H groups in total. The number of hydrogen-bond acceptors (Lipinski definition) is 3. The van der Waals surface area contributed by atoms with Gasteiger partial charge in [0.1, 0.15) is 0 Å². The van der Waals surface area contributed by atoms with Gasteiger partial charge in [-0.2, -0.15) is 0 Å². The van der Waals surface area contributed by atoms with E-state index in [0.717, 1.165) is 25.2 Å². The molecule has 3 rings (SSSR count). The summed E-state index contributed by atoms with van der Waals surface area (Å²) in [6.45, 7) is 11.4. The van der Waals surface area contributed by atoms with Crippen molar-refractivity contribution in [3.63, 3.8) is 0 Å². The zero-order chi connectivity index (χ0) is 19.1. The summed E-state index contributed by atoms with van der Waals surface area (Å²) in [5.41, 5.74) is 2.51. The maximum Gasteiger partial charge on any atom is 0.315 e. The lowest BCUT2D eigenvalue weighted by atomic mass is 9.98. The van der Waals surface area contributed by atoms with E-state index in [2.05, 4.69) is 58.5 Å². The van der Waals surface area contributed by atoms with Crippen molar-refractivity contribution in [3.05, 3.63) is 35.4 Å². The molecular formula is C22H36N4O. The molecule has 5 heteroatoms. The second-order valence-corrected chi connectivity index (χ2v) is 8.70. The van der Waals surface area contributed by atoms with Crippen LogP contribution in [0, 0.1) is 0 Å². The largest absolute Gasteiger partial charge is 0.336 e. The van der Waals surface area contributed by atoms with Crippen LogP contribution in [0.5, 0.6) is 0 Å². The van der Waals surface area contributed by atoms with Crippen LogP contribution < -0.4 is 10.6 Å². The van der Waals surface area contributed by atoms with Gasteiger partial charge in [0.15, 0.2) is 0 Å². The zero-order valence-corrected chi connectivity index (χ0v) is 17.1. The highest BCUT2D eigenvalue weighted by Crippen LogP contribution is 2.19. The van der Waals surface area contributed by atoms with Gasteiger partial charge in [0, 0.05) is 25.2 Å². The number of carbonyl (C=O) groups is 1. The van der Waals surface area contributed by atoms with Crippen LogP contribution in [0.4, 0.5) is 4.79 Å². The Balaban J connectivity index is 1.42. The minimum atomic E-state index is -0.0787. The molecule has 0 unspecified atom stereocenters. The molecule has 2 aliphatic heterocycles. The molecule has 150 valence electrons. The van der Waals surface area contributed by atoms with Crippen LogP contribution in [-0.4, -0.2) is 54.1 Å². The van der Waals surface area contributed by atoms with E-state index in [1.165, 1.54) is 50.8 Å². The van der Waals surface area contributed by atoms with Crippen molar-refractivity contribution in [2.45, 2.75) is 64.6 Å². The summed E-state index contributed by atoms with van der Waals surface area (Å²) in [7, 11) is 0. The number of likely N-dealkylation sites (tertiary alicyclic amines) is 2. The molecule has 5 nitrogen and oxygen atoms in total. The van der Waals surface area contributed by atoms with Gasteiger partial charge < -0.3 is 10.6 Å². The van der Waals surface area contributed by atoms with Crippen molar-refractivity contribution < 1.29 is 4.79 Å². The lowest BCUT2D eigenvalue weighted by molar-refractivity contribution is 0.0960. The predicted molar refractivity (Wildman–Crippen MR) is 111 cm³/mol. The van der Waals surface area contributed by atoms with Crippen LogP contribution in [0.1, 0.15) is 57.1 Å². The molecule has 1 aromatic carbocycles. The first-order chi connectivity index (χ1) is 13.0. The summed E-state index contributed by atoms with van der Waals surface area (Å²) in [6, 6.07) is 8.51. The summed E-state index contributed by atoms with van der Waals surface area (Å²) >= 11 is 0. The van der Waals surface area contributed by atoms with Crippen molar-refractivity contribution in [2.75, 3.05) is 32.7 Å². The molecule has 0 radical (unpaired) electrons. The minimum Gasteiger partial charge on any atom is -0.336 e. The zero-order valence-electron chi connectivity index (χ0n) is 17.1. The van der Waals surface area contributed by atoms with E-state index >= 15 is 0 Å². The Morgan fingerprint density at radius 1 is 0.963 bits per heavy atom. The number of urea groups is 1. The van der Waals surface area contributed by atoms with Crippen LogP contribution in [0.25, 0.3) is 0 Å². The molecule has 2 saturated heterocycles. The summed E-state index contributed by atoms with van der Waals surface area (Å²) in [5, 5.41) is 6.08. The molecular weight excluding hydrogens is 336 g/mol. The number of piperidine rings is 1. The number of nitrogens with zero attached hydrogens (tertiary/aromatic N) is 2. The molecule has 2 fully saturated rings. The summed E-state index contributed by atoms with van der Waals surface area (Å²) in [4.78, 5) is 17.3. The summed E-state index contributed by atoms with van der Waals surface area (Å²) < 4.78 is 0. The van der Waals surface area contributed by atoms with Gasteiger partial charge in [-0.3, -0.25) is 9.80 Å². The fourth-order valence-corrected chi connectivity index (χ4v) is 4.19. The maximum absolute atomic E-state index is 12.3. The van der Waals surface area contributed by atoms with Crippen LogP contribution >= 0.6 is 0 Å². The molecule has 0 aliphatic carbocycles. The molecule has 2 amide bonds. The van der Waals surface area contributed by atoms with E-state index in [-0.39, 0.29) is 11.6 Å². The molecule has 1 aromatic rings. The predicted octanol–water partition coefficient (Wildman–Crippen LogP) is 3.35. The number of hydrogen-bond donors (Lipinski definition) is 2. The minimum absolute atomic E-state index is 0.00735. The van der Waals surface area contributed by atoms with Gasteiger partial charge in [-0.25, -0.2) is 4.79 Å². The molecule has 0 aromatic heterocycles. The highest BCUT2D eigenvalue weighted by Gasteiger charge is 2.28. The normalized spacial score (nSPS) is 19.2. The van der Waals surface area contributed by atoms with Gasteiger partial charge in [0.2, 0.25) is 0 Å². The molecule has 0 bridgehead atoms. The van der Waals surface area contributed by atoms with Gasteiger partial charge in [-0.1, -0.05) is 30.7 Å². The van der Waals surface area contributed by atoms with Crippen molar-refractivity contribution in [3.8, 4) is 0 Å². The third kappa shape index (κ3) is 6.22.